The Balaban J connectivity index is 0.000000135. The lowest BCUT2D eigenvalue weighted by Crippen LogP contribution is -1.95. The summed E-state index contributed by atoms with van der Waals surface area (Å²) in [6, 6.07) is 109. The molecule has 0 fully saturated rings. The van der Waals surface area contributed by atoms with E-state index >= 15 is 0 Å². The number of benzene rings is 14. The maximum atomic E-state index is 6.33. The topological polar surface area (TPSA) is 104 Å². The molecule has 8 nitrogen and oxygen atoms in total. The minimum absolute atomic E-state index is 0.845. The number of hydrogen-bond donors (Lipinski definition) is 0. The smallest absolute Gasteiger partial charge is 0.143 e. The summed E-state index contributed by atoms with van der Waals surface area (Å²) >= 11 is 0. The average Bonchev–Trinajstić information content (AvgIpc) is 1.40. The minimum Gasteiger partial charge on any atom is -0.456 e. The molecule has 0 amide bonds. The van der Waals surface area contributed by atoms with Gasteiger partial charge in [0.1, 0.15) is 44.7 Å². The summed E-state index contributed by atoms with van der Waals surface area (Å²) in [5.74, 6) is 0. The van der Waals surface area contributed by atoms with Crippen LogP contribution in [0.1, 0.15) is 0 Å². The van der Waals surface area contributed by atoms with Crippen molar-refractivity contribution in [3.8, 4) is 89.5 Å². The van der Waals surface area contributed by atoms with Crippen LogP contribution in [0.5, 0.6) is 0 Å². The van der Waals surface area contributed by atoms with E-state index in [-0.39, 0.29) is 0 Å². The first-order valence-corrected chi connectivity index (χ1v) is 32.1. The third-order valence-corrected chi connectivity index (χ3v) is 18.6. The highest BCUT2D eigenvalue weighted by Gasteiger charge is 2.21. The number of hydrogen-bond acceptors (Lipinski definition) is 8. The Hall–Kier alpha value is -13.0. The maximum Gasteiger partial charge on any atom is 0.143 e. The fraction of sp³-hybridized carbons (Fsp3) is 0. The van der Waals surface area contributed by atoms with Crippen molar-refractivity contribution in [2.45, 2.75) is 0 Å². The highest BCUT2D eigenvalue weighted by Crippen LogP contribution is 2.44. The Kier molecular flexibility index (Phi) is 12.7. The summed E-state index contributed by atoms with van der Waals surface area (Å²) in [5, 5.41) is 9.00. The lowest BCUT2D eigenvalue weighted by molar-refractivity contribution is 0.668. The van der Waals surface area contributed by atoms with Gasteiger partial charge in [0.05, 0.1) is 44.8 Å². The predicted octanol–water partition coefficient (Wildman–Crippen LogP) is 24.2. The summed E-state index contributed by atoms with van der Waals surface area (Å²) in [7, 11) is 0. The Morgan fingerprint density at radius 1 is 0.167 bits per heavy atom. The van der Waals surface area contributed by atoms with Gasteiger partial charge in [-0.1, -0.05) is 249 Å². The van der Waals surface area contributed by atoms with Crippen molar-refractivity contribution in [2.24, 2.45) is 0 Å². The molecule has 14 aromatic carbocycles. The molecular formula is C88H52N4O4. The Morgan fingerprint density at radius 3 is 0.750 bits per heavy atom. The van der Waals surface area contributed by atoms with Crippen molar-refractivity contribution < 1.29 is 17.7 Å². The zero-order valence-electron chi connectivity index (χ0n) is 51.4. The van der Waals surface area contributed by atoms with Crippen LogP contribution in [-0.2, 0) is 0 Å². The van der Waals surface area contributed by atoms with Crippen LogP contribution < -0.4 is 0 Å². The molecule has 0 atom stereocenters. The summed E-state index contributed by atoms with van der Waals surface area (Å²) in [5.41, 5.74) is 27.0. The van der Waals surface area contributed by atoms with Crippen LogP contribution in [-0.4, -0.2) is 19.9 Å². The molecule has 0 bridgehead atoms. The van der Waals surface area contributed by atoms with E-state index in [1.165, 1.54) is 0 Å². The van der Waals surface area contributed by atoms with Gasteiger partial charge in [0.15, 0.2) is 0 Å². The third-order valence-electron chi connectivity index (χ3n) is 18.6. The molecule has 0 unspecified atom stereocenters. The van der Waals surface area contributed by atoms with E-state index in [0.29, 0.717) is 0 Å². The SMILES string of the molecule is c1ccc2nc(-c3ccc(-c4cccc5oc6ccccc6c45)cc3)c(-c3ccc(-c4cccc5c4oc4ccccc45)cc3)nc2c1.c1ccc2nc(-c3ccc(-c4cccc5oc6ccccc6c45)cc3)c(-c3ccc(-c4cccc5oc6ccccc6c45)cc3)nc2c1. The van der Waals surface area contributed by atoms with Crippen LogP contribution in [0.4, 0.5) is 0 Å². The quantitative estimate of drug-likeness (QED) is 0.148. The van der Waals surface area contributed by atoms with Gasteiger partial charge < -0.3 is 17.7 Å². The molecule has 0 radical (unpaired) electrons. The summed E-state index contributed by atoms with van der Waals surface area (Å²) in [6.45, 7) is 0. The molecule has 0 aliphatic rings. The molecule has 0 aliphatic carbocycles. The Morgan fingerprint density at radius 2 is 0.406 bits per heavy atom. The lowest BCUT2D eigenvalue weighted by Gasteiger charge is -2.12. The molecule has 0 spiro atoms. The summed E-state index contributed by atoms with van der Waals surface area (Å²) in [4.78, 5) is 20.6. The summed E-state index contributed by atoms with van der Waals surface area (Å²) < 4.78 is 24.8. The molecule has 0 saturated carbocycles. The van der Waals surface area contributed by atoms with Gasteiger partial charge >= 0.3 is 0 Å². The molecule has 96 heavy (non-hydrogen) atoms. The molecular weight excluding hydrogens is 1180 g/mol. The molecule has 0 aliphatic heterocycles. The van der Waals surface area contributed by atoms with Gasteiger partial charge in [0.2, 0.25) is 0 Å². The molecule has 8 heteroatoms. The van der Waals surface area contributed by atoms with E-state index in [0.717, 1.165) is 199 Å². The fourth-order valence-corrected chi connectivity index (χ4v) is 14.1. The van der Waals surface area contributed by atoms with Gasteiger partial charge in [-0.15, -0.1) is 0 Å². The van der Waals surface area contributed by atoms with Crippen LogP contribution in [0.3, 0.4) is 0 Å². The number of aromatic nitrogens is 4. The zero-order valence-corrected chi connectivity index (χ0v) is 51.4. The second-order valence-corrected chi connectivity index (χ2v) is 24.2. The van der Waals surface area contributed by atoms with Gasteiger partial charge in [0.25, 0.3) is 0 Å². The number of rotatable bonds is 8. The van der Waals surface area contributed by atoms with E-state index in [9.17, 15) is 0 Å². The van der Waals surface area contributed by atoms with Crippen LogP contribution >= 0.6 is 0 Å². The highest BCUT2D eigenvalue weighted by atomic mass is 16.3. The summed E-state index contributed by atoms with van der Waals surface area (Å²) in [6.07, 6.45) is 0. The van der Waals surface area contributed by atoms with Gasteiger partial charge in [-0.3, -0.25) is 0 Å². The molecule has 6 aromatic heterocycles. The van der Waals surface area contributed by atoms with Gasteiger partial charge in [-0.2, -0.15) is 0 Å². The van der Waals surface area contributed by atoms with Crippen LogP contribution in [0.2, 0.25) is 0 Å². The molecule has 0 N–H and O–H groups in total. The standard InChI is InChI=1S/2C44H26N2O2/c1-5-16-38-33(9-1)34-13-7-12-32(44(34)48-38)28-21-25-30(26-22-28)43-42(45-36-14-3-4-15-37(36)46-43)29-23-19-27(20-24-29)31-11-8-18-40-41(31)35-10-2-6-17-39(35)47-40;1-5-15-37-33(9-1)41-31(11-7-17-39(41)47-37)27-19-23-29(24-20-27)43-44(46-36-14-4-3-13-35(36)45-43)30-25-21-28(22-26-30)32-12-8-18-40-42(32)34-10-2-6-16-38(34)48-40/h2*1-26H. The molecule has 20 rings (SSSR count). The first-order valence-electron chi connectivity index (χ1n) is 32.1. The number of fused-ring (bicyclic) bond motifs is 14. The number of para-hydroxylation sites is 9. The number of furan rings is 4. The normalized spacial score (nSPS) is 11.8. The largest absolute Gasteiger partial charge is 0.456 e. The minimum atomic E-state index is 0.845. The Bertz CT molecular complexity index is 6230. The molecule has 6 heterocycles. The van der Waals surface area contributed by atoms with E-state index < -0.39 is 0 Å². The van der Waals surface area contributed by atoms with Crippen molar-refractivity contribution in [1.29, 1.82) is 0 Å². The fourth-order valence-electron chi connectivity index (χ4n) is 14.1. The second-order valence-electron chi connectivity index (χ2n) is 24.2. The average molecular weight is 1230 g/mol. The molecule has 20 aromatic rings. The second kappa shape index (κ2) is 22.4. The van der Waals surface area contributed by atoms with Gasteiger partial charge in [-0.05, 0) is 106 Å². The first kappa shape index (κ1) is 54.7. The van der Waals surface area contributed by atoms with E-state index in [4.69, 9.17) is 37.6 Å². The monoisotopic (exact) mass is 1230 g/mol. The van der Waals surface area contributed by atoms with E-state index in [2.05, 4.69) is 200 Å². The lowest BCUT2D eigenvalue weighted by atomic mass is 9.95. The van der Waals surface area contributed by atoms with E-state index in [1.54, 1.807) is 0 Å². The van der Waals surface area contributed by atoms with E-state index in [1.807, 2.05) is 115 Å². The Labute approximate surface area is 549 Å². The van der Waals surface area contributed by atoms with Crippen LogP contribution in [0, 0.1) is 0 Å². The van der Waals surface area contributed by atoms with Crippen molar-refractivity contribution in [2.75, 3.05) is 0 Å². The van der Waals surface area contributed by atoms with Crippen LogP contribution in [0.15, 0.2) is 333 Å². The number of nitrogens with zero attached hydrogens (tertiary/aromatic N) is 4. The van der Waals surface area contributed by atoms with Gasteiger partial charge in [0, 0.05) is 70.9 Å². The zero-order chi connectivity index (χ0) is 63.2. The van der Waals surface area contributed by atoms with Gasteiger partial charge in [-0.25, -0.2) is 19.9 Å². The maximum absolute atomic E-state index is 6.33. The first-order chi connectivity index (χ1) is 47.6. The third kappa shape index (κ3) is 9.22. The predicted molar refractivity (Wildman–Crippen MR) is 392 cm³/mol. The van der Waals surface area contributed by atoms with Crippen molar-refractivity contribution in [3.63, 3.8) is 0 Å². The van der Waals surface area contributed by atoms with Crippen molar-refractivity contribution >= 4 is 110 Å². The molecule has 448 valence electrons. The van der Waals surface area contributed by atoms with Crippen molar-refractivity contribution in [1.82, 2.24) is 19.9 Å². The van der Waals surface area contributed by atoms with Crippen molar-refractivity contribution in [3.05, 3.63) is 315 Å². The van der Waals surface area contributed by atoms with Crippen LogP contribution in [0.25, 0.3) is 199 Å². The molecule has 0 saturated heterocycles. The highest BCUT2D eigenvalue weighted by molar-refractivity contribution is 6.15.